The Labute approximate surface area is 140 Å². The quantitative estimate of drug-likeness (QED) is 0.226. The molecule has 0 atom stereocenters. The first-order valence-electron chi connectivity index (χ1n) is 8.26. The van der Waals surface area contributed by atoms with E-state index in [1.165, 1.54) is 32.5 Å². The van der Waals surface area contributed by atoms with Gasteiger partial charge in [-0.3, -0.25) is 0 Å². The summed E-state index contributed by atoms with van der Waals surface area (Å²) < 4.78 is 2.05. The molecule has 0 unspecified atom stereocenters. The monoisotopic (exact) mass is 309 g/mol. The molecule has 2 heteroatoms. The molecule has 0 amide bonds. The molecule has 0 spiro atoms. The number of aryl methyl sites for hydroxylation is 2. The van der Waals surface area contributed by atoms with Crippen LogP contribution in [-0.4, -0.2) is 5.10 Å². The van der Waals surface area contributed by atoms with E-state index in [2.05, 4.69) is 85.1 Å². The maximum Gasteiger partial charge on any atom is 0.239 e. The number of hydrogen-bond donors (Lipinski definition) is 0. The summed E-state index contributed by atoms with van der Waals surface area (Å²) in [7, 11) is 0. The van der Waals surface area contributed by atoms with Crippen molar-refractivity contribution in [3.63, 3.8) is 0 Å². The van der Waals surface area contributed by atoms with E-state index in [0.717, 1.165) is 16.7 Å². The first-order chi connectivity index (χ1) is 11.7. The fraction of sp³-hybridized carbons (Fsp3) is 0.0909. The Balaban J connectivity index is 2.14. The molecule has 5 aromatic rings. The average Bonchev–Trinajstić information content (AvgIpc) is 2.61. The van der Waals surface area contributed by atoms with Gasteiger partial charge in [0, 0.05) is 41.0 Å². The van der Waals surface area contributed by atoms with Gasteiger partial charge in [0.1, 0.15) is 5.52 Å². The lowest BCUT2D eigenvalue weighted by molar-refractivity contribution is -0.584. The number of fused-ring (bicyclic) bond motifs is 7. The summed E-state index contributed by atoms with van der Waals surface area (Å²) in [6.45, 7) is 4.25. The lowest BCUT2D eigenvalue weighted by Gasteiger charge is -2.08. The Kier molecular flexibility index (Phi) is 2.66. The van der Waals surface area contributed by atoms with E-state index in [-0.39, 0.29) is 0 Å². The molecule has 0 saturated heterocycles. The molecule has 0 aliphatic carbocycles. The molecule has 2 nitrogen and oxygen atoms in total. The molecule has 114 valence electrons. The number of nitrogens with zero attached hydrogens (tertiary/aromatic N) is 2. The number of aromatic nitrogens is 2. The van der Waals surface area contributed by atoms with Gasteiger partial charge in [0.2, 0.25) is 11.2 Å². The van der Waals surface area contributed by atoms with E-state index in [4.69, 9.17) is 5.10 Å². The Morgan fingerprint density at radius 1 is 0.667 bits per heavy atom. The maximum absolute atomic E-state index is 5.01. The minimum absolute atomic E-state index is 1.06. The molecule has 2 heterocycles. The van der Waals surface area contributed by atoms with Gasteiger partial charge in [-0.2, -0.15) is 0 Å². The van der Waals surface area contributed by atoms with E-state index in [1.807, 2.05) is 0 Å². The second kappa shape index (κ2) is 4.75. The van der Waals surface area contributed by atoms with Crippen LogP contribution in [0.15, 0.2) is 66.7 Å². The predicted octanol–water partition coefficient (Wildman–Crippen LogP) is 4.90. The van der Waals surface area contributed by atoms with Crippen LogP contribution in [0.1, 0.15) is 11.3 Å². The molecular formula is C22H17N2+. The van der Waals surface area contributed by atoms with Gasteiger partial charge in [-0.15, -0.1) is 0 Å². The zero-order valence-electron chi connectivity index (χ0n) is 13.7. The number of rotatable bonds is 0. The Morgan fingerprint density at radius 2 is 1.25 bits per heavy atom. The van der Waals surface area contributed by atoms with E-state index < -0.39 is 0 Å². The highest BCUT2D eigenvalue weighted by Gasteiger charge is 2.16. The van der Waals surface area contributed by atoms with E-state index in [0.29, 0.717) is 0 Å². The van der Waals surface area contributed by atoms with Crippen molar-refractivity contribution in [3.05, 3.63) is 78.0 Å². The van der Waals surface area contributed by atoms with Crippen LogP contribution in [0.5, 0.6) is 0 Å². The van der Waals surface area contributed by atoms with Crippen LogP contribution in [0.4, 0.5) is 0 Å². The molecule has 2 aromatic heterocycles. The third-order valence-corrected chi connectivity index (χ3v) is 4.83. The van der Waals surface area contributed by atoms with E-state index in [1.54, 1.807) is 0 Å². The van der Waals surface area contributed by atoms with Crippen LogP contribution >= 0.6 is 0 Å². The van der Waals surface area contributed by atoms with Crippen LogP contribution in [0, 0.1) is 13.8 Å². The highest BCUT2D eigenvalue weighted by atomic mass is 15.2. The molecule has 5 rings (SSSR count). The molecule has 0 saturated carbocycles. The molecule has 0 bridgehead atoms. The highest BCUT2D eigenvalue weighted by Crippen LogP contribution is 2.33. The molecule has 0 N–H and O–H groups in total. The lowest BCUT2D eigenvalue weighted by Crippen LogP contribution is -2.30. The van der Waals surface area contributed by atoms with Crippen LogP contribution in [0.25, 0.3) is 38.0 Å². The van der Waals surface area contributed by atoms with Crippen LogP contribution in [-0.2, 0) is 0 Å². The summed E-state index contributed by atoms with van der Waals surface area (Å²) in [5.41, 5.74) is 4.62. The topological polar surface area (TPSA) is 17.0 Å². The van der Waals surface area contributed by atoms with Crippen LogP contribution < -0.4 is 4.52 Å². The van der Waals surface area contributed by atoms with Crippen molar-refractivity contribution in [1.82, 2.24) is 5.10 Å². The van der Waals surface area contributed by atoms with Gasteiger partial charge in [0.15, 0.2) is 0 Å². The Morgan fingerprint density at radius 3 is 1.96 bits per heavy atom. The SMILES string of the molecule is Cc1cc(C)[n+]2nc3c4ccccc4c4ccccc4c3cc2c1. The highest BCUT2D eigenvalue weighted by molar-refractivity contribution is 6.24. The molecule has 0 aliphatic rings. The minimum atomic E-state index is 1.06. The van der Waals surface area contributed by atoms with Gasteiger partial charge in [-0.25, -0.2) is 0 Å². The van der Waals surface area contributed by atoms with Gasteiger partial charge in [-0.1, -0.05) is 48.5 Å². The smallest absolute Gasteiger partial charge is 0.0616 e. The second-order valence-corrected chi connectivity index (χ2v) is 6.51. The van der Waals surface area contributed by atoms with E-state index >= 15 is 0 Å². The molecular weight excluding hydrogens is 292 g/mol. The normalized spacial score (nSPS) is 11.8. The molecule has 0 aliphatic heterocycles. The zero-order valence-corrected chi connectivity index (χ0v) is 13.7. The predicted molar refractivity (Wildman–Crippen MR) is 99.4 cm³/mol. The van der Waals surface area contributed by atoms with Crippen molar-refractivity contribution in [2.75, 3.05) is 0 Å². The third kappa shape index (κ3) is 1.77. The molecule has 0 radical (unpaired) electrons. The van der Waals surface area contributed by atoms with Gasteiger partial charge >= 0.3 is 0 Å². The fourth-order valence-corrected chi connectivity index (χ4v) is 3.82. The standard InChI is InChI=1S/C22H17N2/c1-14-11-15(2)24-16(12-14)13-21-19-9-4-3-7-17(19)18-8-5-6-10-20(18)22(21)23-24/h3-13H,1-2H3/q+1. The van der Waals surface area contributed by atoms with Crippen molar-refractivity contribution in [1.29, 1.82) is 0 Å². The van der Waals surface area contributed by atoms with Crippen molar-refractivity contribution in [3.8, 4) is 0 Å². The Hall–Kier alpha value is -3.00. The van der Waals surface area contributed by atoms with Crippen molar-refractivity contribution in [2.24, 2.45) is 0 Å². The number of pyridine rings is 1. The zero-order chi connectivity index (χ0) is 16.3. The van der Waals surface area contributed by atoms with Crippen molar-refractivity contribution >= 4 is 38.0 Å². The summed E-state index contributed by atoms with van der Waals surface area (Å²) in [5, 5.41) is 11.3. The summed E-state index contributed by atoms with van der Waals surface area (Å²) in [4.78, 5) is 0. The van der Waals surface area contributed by atoms with Gasteiger partial charge in [0.05, 0.1) is 0 Å². The summed E-state index contributed by atoms with van der Waals surface area (Å²) in [5.74, 6) is 0. The minimum Gasteiger partial charge on any atom is -0.0616 e. The van der Waals surface area contributed by atoms with E-state index in [9.17, 15) is 0 Å². The van der Waals surface area contributed by atoms with Crippen LogP contribution in [0.2, 0.25) is 0 Å². The number of hydrogen-bond acceptors (Lipinski definition) is 1. The van der Waals surface area contributed by atoms with Gasteiger partial charge in [0.25, 0.3) is 0 Å². The van der Waals surface area contributed by atoms with Crippen molar-refractivity contribution in [2.45, 2.75) is 13.8 Å². The fourth-order valence-electron chi connectivity index (χ4n) is 3.82. The summed E-state index contributed by atoms with van der Waals surface area (Å²) >= 11 is 0. The average molecular weight is 309 g/mol. The van der Waals surface area contributed by atoms with Gasteiger partial charge < -0.3 is 0 Å². The lowest BCUT2D eigenvalue weighted by atomic mass is 9.97. The van der Waals surface area contributed by atoms with Crippen LogP contribution in [0.3, 0.4) is 0 Å². The molecule has 0 fully saturated rings. The van der Waals surface area contributed by atoms with Crippen molar-refractivity contribution < 1.29 is 4.52 Å². The number of benzene rings is 3. The second-order valence-electron chi connectivity index (χ2n) is 6.51. The molecule has 24 heavy (non-hydrogen) atoms. The first-order valence-corrected chi connectivity index (χ1v) is 8.26. The molecule has 3 aromatic carbocycles. The summed E-state index contributed by atoms with van der Waals surface area (Å²) in [6.07, 6.45) is 0. The Bertz CT molecular complexity index is 1270. The largest absolute Gasteiger partial charge is 0.239 e. The third-order valence-electron chi connectivity index (χ3n) is 4.83. The maximum atomic E-state index is 5.01. The summed E-state index contributed by atoms with van der Waals surface area (Å²) in [6, 6.07) is 23.8. The first kappa shape index (κ1) is 13.4. The van der Waals surface area contributed by atoms with Gasteiger partial charge in [-0.05, 0) is 33.2 Å².